The number of nitrogens with zero attached hydrogens (tertiary/aromatic N) is 2. The minimum absolute atomic E-state index is 0.276. The van der Waals surface area contributed by atoms with Gasteiger partial charge < -0.3 is 5.32 Å². The van der Waals surface area contributed by atoms with E-state index in [1.807, 2.05) is 0 Å². The fourth-order valence-electron chi connectivity index (χ4n) is 1.34. The molecule has 2 rings (SSSR count). The van der Waals surface area contributed by atoms with Crippen LogP contribution in [0.15, 0.2) is 15.2 Å². The molecular formula is C10H12BrN3S2. The Kier molecular flexibility index (Phi) is 4.07. The van der Waals surface area contributed by atoms with E-state index in [9.17, 15) is 0 Å². The van der Waals surface area contributed by atoms with Crippen molar-refractivity contribution in [2.75, 3.05) is 6.54 Å². The van der Waals surface area contributed by atoms with E-state index in [0.29, 0.717) is 0 Å². The lowest BCUT2D eigenvalue weighted by Crippen LogP contribution is -2.17. The van der Waals surface area contributed by atoms with Crippen LogP contribution in [0.3, 0.4) is 0 Å². The molecule has 0 saturated heterocycles. The molecule has 3 nitrogen and oxygen atoms in total. The Balaban J connectivity index is 2.19. The van der Waals surface area contributed by atoms with Gasteiger partial charge in [-0.25, -0.2) is 0 Å². The number of thiophene rings is 1. The third kappa shape index (κ3) is 2.68. The number of hydrogen-bond acceptors (Lipinski definition) is 5. The summed E-state index contributed by atoms with van der Waals surface area (Å²) in [4.78, 5) is 0. The summed E-state index contributed by atoms with van der Waals surface area (Å²) in [5.74, 6) is 0. The van der Waals surface area contributed by atoms with Gasteiger partial charge in [-0.05, 0) is 35.5 Å². The Morgan fingerprint density at radius 1 is 1.50 bits per heavy atom. The molecule has 1 unspecified atom stereocenters. The molecule has 1 atom stereocenters. The lowest BCUT2D eigenvalue weighted by atomic mass is 10.3. The molecule has 0 radical (unpaired) electrons. The number of rotatable bonds is 4. The molecule has 0 bridgehead atoms. The van der Waals surface area contributed by atoms with Gasteiger partial charge in [-0.15, -0.1) is 21.5 Å². The summed E-state index contributed by atoms with van der Waals surface area (Å²) in [5.41, 5.74) is 1.14. The highest BCUT2D eigenvalue weighted by Crippen LogP contribution is 2.32. The van der Waals surface area contributed by atoms with Crippen molar-refractivity contribution in [1.82, 2.24) is 15.5 Å². The number of aromatic nitrogens is 2. The van der Waals surface area contributed by atoms with Crippen LogP contribution in [0.1, 0.15) is 24.9 Å². The molecule has 2 heterocycles. The molecule has 1 N–H and O–H groups in total. The Hall–Kier alpha value is -0.300. The van der Waals surface area contributed by atoms with E-state index in [0.717, 1.165) is 25.9 Å². The van der Waals surface area contributed by atoms with Crippen molar-refractivity contribution in [3.8, 4) is 10.6 Å². The molecule has 0 spiro atoms. The zero-order valence-corrected chi connectivity index (χ0v) is 12.2. The molecule has 0 amide bonds. The van der Waals surface area contributed by atoms with E-state index >= 15 is 0 Å². The first-order valence-electron chi connectivity index (χ1n) is 5.02. The van der Waals surface area contributed by atoms with Gasteiger partial charge in [0.15, 0.2) is 0 Å². The van der Waals surface area contributed by atoms with Crippen LogP contribution in [0.2, 0.25) is 0 Å². The van der Waals surface area contributed by atoms with Crippen molar-refractivity contribution in [1.29, 1.82) is 0 Å². The maximum Gasteiger partial charge on any atom is 0.148 e. The maximum atomic E-state index is 4.22. The van der Waals surface area contributed by atoms with Crippen LogP contribution in [-0.4, -0.2) is 16.7 Å². The standard InChI is InChI=1S/C10H12BrN3S2/c1-3-12-6(2)9-13-14-10(16-9)7-4-8(11)15-5-7/h4-6,12H,3H2,1-2H3. The highest BCUT2D eigenvalue weighted by Gasteiger charge is 2.12. The lowest BCUT2D eigenvalue weighted by Gasteiger charge is -2.06. The summed E-state index contributed by atoms with van der Waals surface area (Å²) < 4.78 is 1.12. The van der Waals surface area contributed by atoms with Gasteiger partial charge in [-0.3, -0.25) is 0 Å². The van der Waals surface area contributed by atoms with E-state index in [4.69, 9.17) is 0 Å². The SMILES string of the molecule is CCNC(C)c1nnc(-c2csc(Br)c2)s1. The molecule has 6 heteroatoms. The lowest BCUT2D eigenvalue weighted by molar-refractivity contribution is 0.590. The van der Waals surface area contributed by atoms with Crippen molar-refractivity contribution in [2.24, 2.45) is 0 Å². The monoisotopic (exact) mass is 317 g/mol. The summed E-state index contributed by atoms with van der Waals surface area (Å²) in [6, 6.07) is 2.35. The summed E-state index contributed by atoms with van der Waals surface area (Å²) in [7, 11) is 0. The zero-order chi connectivity index (χ0) is 11.5. The predicted molar refractivity (Wildman–Crippen MR) is 73.0 cm³/mol. The highest BCUT2D eigenvalue weighted by atomic mass is 79.9. The van der Waals surface area contributed by atoms with Gasteiger partial charge in [-0.1, -0.05) is 18.3 Å². The fraction of sp³-hybridized carbons (Fsp3) is 0.400. The van der Waals surface area contributed by atoms with Crippen molar-refractivity contribution < 1.29 is 0 Å². The van der Waals surface area contributed by atoms with Crippen LogP contribution in [0, 0.1) is 0 Å². The van der Waals surface area contributed by atoms with Crippen molar-refractivity contribution in [2.45, 2.75) is 19.9 Å². The minimum atomic E-state index is 0.276. The quantitative estimate of drug-likeness (QED) is 0.934. The van der Waals surface area contributed by atoms with Gasteiger partial charge in [-0.2, -0.15) is 0 Å². The van der Waals surface area contributed by atoms with Crippen LogP contribution in [0.25, 0.3) is 10.6 Å². The normalized spacial score (nSPS) is 12.9. The van der Waals surface area contributed by atoms with Crippen LogP contribution >= 0.6 is 38.6 Å². The first kappa shape index (κ1) is 12.2. The Bertz CT molecular complexity index is 466. The molecule has 0 aliphatic carbocycles. The summed E-state index contributed by atoms with van der Waals surface area (Å²) in [6.07, 6.45) is 0. The van der Waals surface area contributed by atoms with Crippen LogP contribution in [0.5, 0.6) is 0 Å². The van der Waals surface area contributed by atoms with E-state index in [-0.39, 0.29) is 6.04 Å². The highest BCUT2D eigenvalue weighted by molar-refractivity contribution is 9.11. The summed E-state index contributed by atoms with van der Waals surface area (Å²) in [5, 5.41) is 15.9. The first-order chi connectivity index (χ1) is 7.70. The fourth-order valence-corrected chi connectivity index (χ4v) is 3.41. The van der Waals surface area contributed by atoms with E-state index < -0.39 is 0 Å². The predicted octanol–water partition coefficient (Wildman–Crippen LogP) is 3.70. The smallest absolute Gasteiger partial charge is 0.148 e. The van der Waals surface area contributed by atoms with Crippen molar-refractivity contribution in [3.05, 3.63) is 20.2 Å². The van der Waals surface area contributed by atoms with Gasteiger partial charge in [0, 0.05) is 10.9 Å². The van der Waals surface area contributed by atoms with Crippen molar-refractivity contribution in [3.63, 3.8) is 0 Å². The van der Waals surface area contributed by atoms with Crippen molar-refractivity contribution >= 4 is 38.6 Å². The molecule has 0 fully saturated rings. The molecule has 0 aliphatic heterocycles. The Morgan fingerprint density at radius 2 is 2.31 bits per heavy atom. The van der Waals surface area contributed by atoms with Crippen LogP contribution in [0.4, 0.5) is 0 Å². The number of nitrogens with one attached hydrogen (secondary N) is 1. The Labute approximate surface area is 111 Å². The second kappa shape index (κ2) is 5.35. The molecule has 0 saturated carbocycles. The molecule has 0 aromatic carbocycles. The average molecular weight is 318 g/mol. The van der Waals surface area contributed by atoms with E-state index in [2.05, 4.69) is 56.7 Å². The molecule has 2 aromatic rings. The second-order valence-electron chi connectivity index (χ2n) is 3.36. The number of hydrogen-bond donors (Lipinski definition) is 1. The van der Waals surface area contributed by atoms with Gasteiger partial charge in [0.05, 0.1) is 9.83 Å². The molecule has 0 aliphatic rings. The Morgan fingerprint density at radius 3 is 2.94 bits per heavy atom. The van der Waals surface area contributed by atoms with Crippen LogP contribution < -0.4 is 5.32 Å². The minimum Gasteiger partial charge on any atom is -0.308 e. The molecule has 2 aromatic heterocycles. The largest absolute Gasteiger partial charge is 0.308 e. The third-order valence-corrected chi connectivity index (χ3v) is 4.80. The topological polar surface area (TPSA) is 37.8 Å². The average Bonchev–Trinajstić information content (AvgIpc) is 2.85. The summed E-state index contributed by atoms with van der Waals surface area (Å²) >= 11 is 6.77. The first-order valence-corrected chi connectivity index (χ1v) is 7.50. The van der Waals surface area contributed by atoms with Gasteiger partial charge in [0.1, 0.15) is 10.0 Å². The van der Waals surface area contributed by atoms with Gasteiger partial charge >= 0.3 is 0 Å². The van der Waals surface area contributed by atoms with Gasteiger partial charge in [0.2, 0.25) is 0 Å². The van der Waals surface area contributed by atoms with E-state index in [1.165, 1.54) is 0 Å². The molecule has 16 heavy (non-hydrogen) atoms. The second-order valence-corrected chi connectivity index (χ2v) is 6.66. The number of halogens is 1. The van der Waals surface area contributed by atoms with E-state index in [1.54, 1.807) is 22.7 Å². The molecule has 86 valence electrons. The van der Waals surface area contributed by atoms with Crippen LogP contribution in [-0.2, 0) is 0 Å². The summed E-state index contributed by atoms with van der Waals surface area (Å²) in [6.45, 7) is 5.14. The maximum absolute atomic E-state index is 4.22. The van der Waals surface area contributed by atoms with Gasteiger partial charge in [0.25, 0.3) is 0 Å². The zero-order valence-electron chi connectivity index (χ0n) is 9.03. The third-order valence-electron chi connectivity index (χ3n) is 2.14. The molecular weight excluding hydrogens is 306 g/mol.